The number of hydrogen-bond acceptors (Lipinski definition) is 2. The zero-order valence-electron chi connectivity index (χ0n) is 13.9. The lowest BCUT2D eigenvalue weighted by atomic mass is 10.1. The van der Waals surface area contributed by atoms with Crippen molar-refractivity contribution in [2.75, 3.05) is 6.54 Å². The lowest BCUT2D eigenvalue weighted by Gasteiger charge is -2.07. The van der Waals surface area contributed by atoms with E-state index in [1.165, 1.54) is 11.8 Å². The van der Waals surface area contributed by atoms with Gasteiger partial charge in [-0.3, -0.25) is 9.59 Å². The quantitative estimate of drug-likeness (QED) is 0.680. The third-order valence-corrected chi connectivity index (χ3v) is 4.02. The Morgan fingerprint density at radius 2 is 1.64 bits per heavy atom. The molecule has 0 spiro atoms. The Morgan fingerprint density at radius 1 is 0.960 bits per heavy atom. The van der Waals surface area contributed by atoms with Gasteiger partial charge in [-0.2, -0.15) is 0 Å². The zero-order valence-corrected chi connectivity index (χ0v) is 13.9. The lowest BCUT2D eigenvalue weighted by molar-refractivity contribution is 0.0953. The van der Waals surface area contributed by atoms with E-state index in [0.717, 1.165) is 18.4 Å². The van der Waals surface area contributed by atoms with Crippen LogP contribution in [0.3, 0.4) is 0 Å². The molecule has 0 aliphatic heterocycles. The molecular weight excluding hydrogens is 312 g/mol. The molecule has 126 valence electrons. The fourth-order valence-corrected chi connectivity index (χ4v) is 2.69. The second kappa shape index (κ2) is 8.11. The summed E-state index contributed by atoms with van der Waals surface area (Å²) < 4.78 is 0. The second-order valence-corrected chi connectivity index (χ2v) is 5.84. The number of nitrogens with one attached hydrogen (secondary N) is 2. The van der Waals surface area contributed by atoms with E-state index in [0.29, 0.717) is 17.7 Å². The van der Waals surface area contributed by atoms with Crippen LogP contribution >= 0.6 is 0 Å². The van der Waals surface area contributed by atoms with E-state index in [2.05, 4.69) is 22.4 Å². The number of carbonyl (C=O) groups excluding carboxylic acids is 1. The van der Waals surface area contributed by atoms with Crippen molar-refractivity contribution < 1.29 is 4.79 Å². The van der Waals surface area contributed by atoms with Crippen LogP contribution in [0.2, 0.25) is 0 Å². The molecule has 0 saturated carbocycles. The second-order valence-electron chi connectivity index (χ2n) is 5.84. The van der Waals surface area contributed by atoms with Crippen LogP contribution in [0.25, 0.3) is 11.1 Å². The minimum absolute atomic E-state index is 0.179. The van der Waals surface area contributed by atoms with Crippen molar-refractivity contribution >= 4 is 5.91 Å². The van der Waals surface area contributed by atoms with E-state index in [4.69, 9.17) is 0 Å². The van der Waals surface area contributed by atoms with Gasteiger partial charge >= 0.3 is 0 Å². The first-order valence-corrected chi connectivity index (χ1v) is 8.34. The maximum absolute atomic E-state index is 12.3. The number of carbonyl (C=O) groups is 1. The topological polar surface area (TPSA) is 62.0 Å². The Labute approximate surface area is 146 Å². The molecule has 0 bridgehead atoms. The normalized spacial score (nSPS) is 10.4. The van der Waals surface area contributed by atoms with Crippen molar-refractivity contribution in [2.45, 2.75) is 12.8 Å². The molecule has 2 N–H and O–H groups in total. The Bertz CT molecular complexity index is 887. The minimum atomic E-state index is -0.202. The van der Waals surface area contributed by atoms with Gasteiger partial charge in [0, 0.05) is 18.3 Å². The molecule has 0 fully saturated rings. The van der Waals surface area contributed by atoms with Gasteiger partial charge in [0.25, 0.3) is 11.5 Å². The highest BCUT2D eigenvalue weighted by atomic mass is 16.1. The van der Waals surface area contributed by atoms with Crippen LogP contribution in [-0.2, 0) is 6.42 Å². The Hall–Kier alpha value is -3.14. The van der Waals surface area contributed by atoms with E-state index < -0.39 is 0 Å². The van der Waals surface area contributed by atoms with Crippen LogP contribution in [0, 0.1) is 0 Å². The molecule has 0 unspecified atom stereocenters. The summed E-state index contributed by atoms with van der Waals surface area (Å²) in [6.45, 7) is 0.591. The monoisotopic (exact) mass is 332 g/mol. The van der Waals surface area contributed by atoms with E-state index in [1.54, 1.807) is 6.07 Å². The highest BCUT2D eigenvalue weighted by molar-refractivity contribution is 5.95. The Morgan fingerprint density at radius 3 is 2.36 bits per heavy atom. The largest absolute Gasteiger partial charge is 0.352 e. The van der Waals surface area contributed by atoms with Crippen LogP contribution in [0.5, 0.6) is 0 Å². The number of pyridine rings is 1. The van der Waals surface area contributed by atoms with Gasteiger partial charge in [-0.15, -0.1) is 0 Å². The molecule has 1 aromatic heterocycles. The summed E-state index contributed by atoms with van der Waals surface area (Å²) in [4.78, 5) is 27.0. The maximum atomic E-state index is 12.3. The molecule has 2 aromatic carbocycles. The SMILES string of the molecule is O=C(NCCCc1ccccc1)c1c[nH]c(=O)c(-c2ccccc2)c1. The van der Waals surface area contributed by atoms with Crippen molar-refractivity contribution in [2.24, 2.45) is 0 Å². The number of aryl methyl sites for hydroxylation is 1. The Balaban J connectivity index is 1.62. The first-order valence-electron chi connectivity index (χ1n) is 8.34. The molecule has 3 rings (SSSR count). The van der Waals surface area contributed by atoms with Crippen LogP contribution in [0.4, 0.5) is 0 Å². The molecule has 0 aliphatic carbocycles. The minimum Gasteiger partial charge on any atom is -0.352 e. The molecule has 1 heterocycles. The molecular formula is C21H20N2O2. The fraction of sp³-hybridized carbons (Fsp3) is 0.143. The molecule has 1 amide bonds. The summed E-state index contributed by atoms with van der Waals surface area (Å²) in [5.41, 5.74) is 2.80. The molecule has 3 aromatic rings. The van der Waals surface area contributed by atoms with E-state index in [9.17, 15) is 9.59 Å². The summed E-state index contributed by atoms with van der Waals surface area (Å²) in [6.07, 6.45) is 3.24. The first-order chi connectivity index (χ1) is 12.2. The highest BCUT2D eigenvalue weighted by Crippen LogP contribution is 2.15. The van der Waals surface area contributed by atoms with Crippen LogP contribution in [0.1, 0.15) is 22.3 Å². The van der Waals surface area contributed by atoms with Crippen molar-refractivity contribution in [3.05, 3.63) is 94.4 Å². The summed E-state index contributed by atoms with van der Waals surface area (Å²) in [5.74, 6) is -0.179. The molecule has 4 nitrogen and oxygen atoms in total. The van der Waals surface area contributed by atoms with Crippen molar-refractivity contribution in [1.82, 2.24) is 10.3 Å². The summed E-state index contributed by atoms with van der Waals surface area (Å²) in [5, 5.41) is 2.91. The Kier molecular flexibility index (Phi) is 5.42. The first kappa shape index (κ1) is 16.7. The fourth-order valence-electron chi connectivity index (χ4n) is 2.69. The van der Waals surface area contributed by atoms with Crippen molar-refractivity contribution in [3.8, 4) is 11.1 Å². The number of aromatic nitrogens is 1. The van der Waals surface area contributed by atoms with Crippen molar-refractivity contribution in [3.63, 3.8) is 0 Å². The van der Waals surface area contributed by atoms with Gasteiger partial charge in [-0.25, -0.2) is 0 Å². The predicted octanol–water partition coefficient (Wildman–Crippen LogP) is 3.40. The number of H-pyrrole nitrogens is 1. The third kappa shape index (κ3) is 4.44. The van der Waals surface area contributed by atoms with Gasteiger partial charge in [0.2, 0.25) is 0 Å². The maximum Gasteiger partial charge on any atom is 0.255 e. The number of aromatic amines is 1. The van der Waals surface area contributed by atoms with Gasteiger partial charge in [-0.1, -0.05) is 60.7 Å². The van der Waals surface area contributed by atoms with E-state index in [1.807, 2.05) is 48.5 Å². The molecule has 0 radical (unpaired) electrons. The van der Waals surface area contributed by atoms with Crippen LogP contribution in [0.15, 0.2) is 77.7 Å². The van der Waals surface area contributed by atoms with Gasteiger partial charge in [0.05, 0.1) is 5.56 Å². The molecule has 0 atom stereocenters. The van der Waals surface area contributed by atoms with Crippen molar-refractivity contribution in [1.29, 1.82) is 0 Å². The number of hydrogen-bond donors (Lipinski definition) is 2. The molecule has 0 aliphatic rings. The average Bonchev–Trinajstić information content (AvgIpc) is 2.67. The highest BCUT2D eigenvalue weighted by Gasteiger charge is 2.10. The smallest absolute Gasteiger partial charge is 0.255 e. The predicted molar refractivity (Wildman–Crippen MR) is 99.6 cm³/mol. The van der Waals surface area contributed by atoms with Crippen LogP contribution in [-0.4, -0.2) is 17.4 Å². The van der Waals surface area contributed by atoms with Gasteiger partial charge < -0.3 is 10.3 Å². The molecule has 25 heavy (non-hydrogen) atoms. The van der Waals surface area contributed by atoms with E-state index >= 15 is 0 Å². The summed E-state index contributed by atoms with van der Waals surface area (Å²) in [6, 6.07) is 21.1. The standard InChI is InChI=1S/C21H20N2O2/c24-20(22-13-7-10-16-8-3-1-4-9-16)18-14-19(21(25)23-15-18)17-11-5-2-6-12-17/h1-6,8-9,11-12,14-15H,7,10,13H2,(H,22,24)(H,23,25). The molecule has 0 saturated heterocycles. The number of benzene rings is 2. The van der Waals surface area contributed by atoms with Crippen LogP contribution < -0.4 is 10.9 Å². The number of amides is 1. The zero-order chi connectivity index (χ0) is 17.5. The summed E-state index contributed by atoms with van der Waals surface area (Å²) >= 11 is 0. The number of rotatable bonds is 6. The summed E-state index contributed by atoms with van der Waals surface area (Å²) in [7, 11) is 0. The average molecular weight is 332 g/mol. The molecule has 4 heteroatoms. The lowest BCUT2D eigenvalue weighted by Crippen LogP contribution is -2.26. The van der Waals surface area contributed by atoms with Gasteiger partial charge in [-0.05, 0) is 30.0 Å². The third-order valence-electron chi connectivity index (χ3n) is 4.02. The van der Waals surface area contributed by atoms with Gasteiger partial charge in [0.1, 0.15) is 0 Å². The van der Waals surface area contributed by atoms with E-state index in [-0.39, 0.29) is 11.5 Å². The van der Waals surface area contributed by atoms with Gasteiger partial charge in [0.15, 0.2) is 0 Å².